The molecule has 0 fully saturated rings. The summed E-state index contributed by atoms with van der Waals surface area (Å²) in [5.41, 5.74) is 0. The number of hydrogen-bond donors (Lipinski definition) is 0. The van der Waals surface area contributed by atoms with Crippen molar-refractivity contribution in [3.63, 3.8) is 0 Å². The molecule has 0 aromatic heterocycles. The van der Waals surface area contributed by atoms with Gasteiger partial charge in [0.25, 0.3) is 0 Å². The maximum absolute atomic E-state index is 4.56. The quantitative estimate of drug-likeness (QED) is 0.424. The maximum Gasteiger partial charge on any atom is 1.00 e. The Hall–Kier alpha value is 1.39. The largest absolute Gasteiger partial charge is 1.00 e. The first-order valence-corrected chi connectivity index (χ1v) is 8.48. The van der Waals surface area contributed by atoms with Gasteiger partial charge in [0.2, 0.25) is 0 Å². The second kappa shape index (κ2) is 6.51. The van der Waals surface area contributed by atoms with Gasteiger partial charge >= 0.3 is 29.6 Å². The van der Waals surface area contributed by atoms with Crippen molar-refractivity contribution in [2.24, 2.45) is 0 Å². The smallest absolute Gasteiger partial charge is 0.672 e. The second-order valence-electron chi connectivity index (χ2n) is 2.34. The molecule has 0 rings (SSSR count). The summed E-state index contributed by atoms with van der Waals surface area (Å²) in [4.78, 5) is 0. The Morgan fingerprint density at radius 2 is 1.12 bits per heavy atom. The molecule has 0 aliphatic rings. The van der Waals surface area contributed by atoms with Gasteiger partial charge in [0.05, 0.1) is 0 Å². The first-order valence-electron chi connectivity index (χ1n) is 2.83. The zero-order valence-corrected chi connectivity index (χ0v) is 10.9. The van der Waals surface area contributed by atoms with Crippen molar-refractivity contribution in [1.82, 2.24) is 0 Å². The monoisotopic (exact) mass is 155 g/mol. The molecule has 0 amide bonds. The van der Waals surface area contributed by atoms with Gasteiger partial charge in [-0.25, -0.2) is 0 Å². The molecule has 0 bridgehead atoms. The van der Waals surface area contributed by atoms with Gasteiger partial charge in [-0.05, 0) is 0 Å². The van der Waals surface area contributed by atoms with E-state index in [0.717, 1.165) is 0 Å². The fourth-order valence-electron chi connectivity index (χ4n) is 0.596. The van der Waals surface area contributed by atoms with E-state index in [1.165, 1.54) is 0 Å². The minimum absolute atomic E-state index is 0. The van der Waals surface area contributed by atoms with E-state index in [4.69, 9.17) is 0 Å². The Bertz CT molecular complexity index is 43.3. The molecule has 0 spiro atoms. The molecule has 0 N–H and O–H groups in total. The number of hydrogen-bond acceptors (Lipinski definition) is 0. The van der Waals surface area contributed by atoms with Crippen LogP contribution in [0, 0.1) is 0 Å². The number of nitrogens with zero attached hydrogens (tertiary/aromatic N) is 1. The zero-order valence-electron chi connectivity index (χ0n) is 6.60. The first kappa shape index (κ1) is 12.1. The molecule has 0 atom stereocenters. The van der Waals surface area contributed by atoms with Crippen LogP contribution in [0.25, 0.3) is 4.65 Å². The van der Waals surface area contributed by atoms with Crippen LogP contribution < -0.4 is 29.6 Å². The Balaban J connectivity index is 0. The van der Waals surface area contributed by atoms with Gasteiger partial charge in [-0.2, -0.15) is 0 Å². The van der Waals surface area contributed by atoms with Crippen LogP contribution in [0.4, 0.5) is 0 Å². The van der Waals surface area contributed by atoms with Crippen LogP contribution in [0.15, 0.2) is 0 Å². The molecule has 0 saturated carbocycles. The van der Waals surface area contributed by atoms with E-state index in [1.54, 1.807) is 0 Å². The van der Waals surface area contributed by atoms with Gasteiger partial charge in [-0.15, -0.1) is 0 Å². The van der Waals surface area contributed by atoms with Crippen molar-refractivity contribution in [3.8, 4) is 0 Å². The van der Waals surface area contributed by atoms with Crippen LogP contribution in [0.2, 0.25) is 26.2 Å². The normalized spacial score (nSPS) is 9.75. The topological polar surface area (TPSA) is 14.1 Å². The summed E-state index contributed by atoms with van der Waals surface area (Å²) in [6.07, 6.45) is 0. The molecule has 0 aliphatic heterocycles. The Morgan fingerprint density at radius 3 is 1.12 bits per heavy atom. The van der Waals surface area contributed by atoms with Crippen molar-refractivity contribution in [3.05, 3.63) is 4.65 Å². The predicted molar refractivity (Wildman–Crippen MR) is 41.1 cm³/mol. The van der Waals surface area contributed by atoms with Crippen LogP contribution in [0.3, 0.4) is 0 Å². The summed E-state index contributed by atoms with van der Waals surface area (Å²) < 4.78 is 4.56. The second-order valence-corrected chi connectivity index (χ2v) is 7.90. The van der Waals surface area contributed by atoms with Crippen molar-refractivity contribution in [1.29, 1.82) is 0 Å². The molecule has 44 valence electrons. The molecule has 0 saturated heterocycles. The van der Waals surface area contributed by atoms with Crippen LogP contribution in [0.5, 0.6) is 0 Å². The van der Waals surface area contributed by atoms with Crippen LogP contribution in [-0.4, -0.2) is 17.9 Å². The minimum Gasteiger partial charge on any atom is -0.672 e. The van der Waals surface area contributed by atoms with E-state index in [1.807, 2.05) is 0 Å². The Morgan fingerprint density at radius 1 is 0.875 bits per heavy atom. The van der Waals surface area contributed by atoms with E-state index in [9.17, 15) is 0 Å². The Kier molecular flexibility index (Phi) is 9.86. The third-order valence-electron chi connectivity index (χ3n) is 0.596. The summed E-state index contributed by atoms with van der Waals surface area (Å²) in [7, 11) is -1.08. The van der Waals surface area contributed by atoms with Crippen molar-refractivity contribution < 1.29 is 29.6 Å². The summed E-state index contributed by atoms with van der Waals surface area (Å²) in [5.74, 6) is 0. The summed E-state index contributed by atoms with van der Waals surface area (Å²) in [6, 6.07) is 0. The van der Waals surface area contributed by atoms with E-state index in [0.29, 0.717) is 0 Å². The average Bonchev–Trinajstić information content (AvgIpc) is 1.27. The SMILES string of the molecule is C[SiH](C)[N-][SiH](C)C.[Na+]. The fraction of sp³-hybridized carbons (Fsp3) is 1.00. The summed E-state index contributed by atoms with van der Waals surface area (Å²) >= 11 is 0. The van der Waals surface area contributed by atoms with Gasteiger partial charge in [0.1, 0.15) is 0 Å². The van der Waals surface area contributed by atoms with Crippen molar-refractivity contribution >= 4 is 17.9 Å². The van der Waals surface area contributed by atoms with Crippen LogP contribution >= 0.6 is 0 Å². The van der Waals surface area contributed by atoms with Gasteiger partial charge in [-0.3, -0.25) is 0 Å². The molecule has 1 nitrogen and oxygen atoms in total. The zero-order chi connectivity index (χ0) is 5.86. The number of rotatable bonds is 2. The van der Waals surface area contributed by atoms with E-state index >= 15 is 0 Å². The average molecular weight is 155 g/mol. The molecule has 4 heteroatoms. The summed E-state index contributed by atoms with van der Waals surface area (Å²) in [6.45, 7) is 9.08. The van der Waals surface area contributed by atoms with Crippen molar-refractivity contribution in [2.45, 2.75) is 26.2 Å². The molecule has 0 aromatic rings. The molecule has 0 aromatic carbocycles. The molecule has 8 heavy (non-hydrogen) atoms. The molecular formula is C4H14NNaSi2. The molecule has 0 unspecified atom stereocenters. The Labute approximate surface area is 77.9 Å². The molecular weight excluding hydrogens is 141 g/mol. The van der Waals surface area contributed by atoms with Gasteiger partial charge in [0, 0.05) is 0 Å². The minimum atomic E-state index is -0.542. The van der Waals surface area contributed by atoms with Gasteiger partial charge < -0.3 is 4.65 Å². The molecule has 0 heterocycles. The van der Waals surface area contributed by atoms with Crippen LogP contribution in [0.1, 0.15) is 0 Å². The third kappa shape index (κ3) is 10.4. The molecule has 0 aliphatic carbocycles. The van der Waals surface area contributed by atoms with E-state index in [2.05, 4.69) is 30.8 Å². The third-order valence-corrected chi connectivity index (χ3v) is 5.37. The first-order chi connectivity index (χ1) is 3.13. The summed E-state index contributed by atoms with van der Waals surface area (Å²) in [5, 5.41) is 0. The van der Waals surface area contributed by atoms with Gasteiger partial charge in [-0.1, -0.05) is 44.1 Å². The fourth-order valence-corrected chi connectivity index (χ4v) is 5.37. The van der Waals surface area contributed by atoms with Crippen molar-refractivity contribution in [2.75, 3.05) is 0 Å². The van der Waals surface area contributed by atoms with Crippen LogP contribution in [-0.2, 0) is 0 Å². The van der Waals surface area contributed by atoms with E-state index in [-0.39, 0.29) is 29.6 Å². The molecule has 0 radical (unpaired) electrons. The standard InChI is InChI=1S/C4H14NSi2.Na/c1-6(2)5-7(3)4;/h6-7H,1-4H3;/q-1;+1. The maximum atomic E-state index is 4.56. The van der Waals surface area contributed by atoms with E-state index < -0.39 is 17.9 Å². The van der Waals surface area contributed by atoms with Gasteiger partial charge in [0.15, 0.2) is 0 Å². The predicted octanol–water partition coefficient (Wildman–Crippen LogP) is -1.67.